The number of rotatable bonds is 6. The molecule has 0 radical (unpaired) electrons. The number of anilines is 2. The number of nitrogens with zero attached hydrogens (tertiary/aromatic N) is 1. The van der Waals surface area contributed by atoms with Gasteiger partial charge in [-0.3, -0.25) is 4.79 Å². The fourth-order valence-corrected chi connectivity index (χ4v) is 2.55. The van der Waals surface area contributed by atoms with E-state index >= 15 is 0 Å². The molecule has 0 bridgehead atoms. The first kappa shape index (κ1) is 16.1. The molecular weight excluding hydrogens is 361 g/mol. The SMILES string of the molecule is N#CCC1(CNc2cc(Br)cc(F)c2NC(=O)CCl)CC1. The highest BCUT2D eigenvalue weighted by atomic mass is 79.9. The molecule has 1 saturated carbocycles. The fourth-order valence-electron chi connectivity index (χ4n) is 2.06. The van der Waals surface area contributed by atoms with Crippen molar-refractivity contribution in [2.45, 2.75) is 19.3 Å². The first-order valence-electron chi connectivity index (χ1n) is 6.45. The van der Waals surface area contributed by atoms with Crippen molar-refractivity contribution in [3.63, 3.8) is 0 Å². The Hall–Kier alpha value is -1.32. The van der Waals surface area contributed by atoms with Gasteiger partial charge in [0.2, 0.25) is 5.91 Å². The van der Waals surface area contributed by atoms with Crippen molar-refractivity contribution in [3.8, 4) is 6.07 Å². The molecule has 2 rings (SSSR count). The average molecular weight is 375 g/mol. The third-order valence-corrected chi connectivity index (χ3v) is 4.21. The highest BCUT2D eigenvalue weighted by Gasteiger charge is 2.42. The molecule has 0 aliphatic heterocycles. The highest BCUT2D eigenvalue weighted by Crippen LogP contribution is 2.48. The van der Waals surface area contributed by atoms with Crippen molar-refractivity contribution in [2.24, 2.45) is 5.41 Å². The van der Waals surface area contributed by atoms with Gasteiger partial charge in [0.05, 0.1) is 11.8 Å². The van der Waals surface area contributed by atoms with Crippen LogP contribution in [0.15, 0.2) is 16.6 Å². The molecule has 0 heterocycles. The number of halogens is 3. The first-order chi connectivity index (χ1) is 9.99. The van der Waals surface area contributed by atoms with Gasteiger partial charge in [0.25, 0.3) is 0 Å². The largest absolute Gasteiger partial charge is 0.383 e. The summed E-state index contributed by atoms with van der Waals surface area (Å²) in [6, 6.07) is 5.14. The second-order valence-electron chi connectivity index (χ2n) is 5.18. The van der Waals surface area contributed by atoms with E-state index in [4.69, 9.17) is 16.9 Å². The summed E-state index contributed by atoms with van der Waals surface area (Å²) in [5.74, 6) is -1.26. The summed E-state index contributed by atoms with van der Waals surface area (Å²) >= 11 is 8.66. The number of benzene rings is 1. The van der Waals surface area contributed by atoms with E-state index in [1.807, 2.05) is 0 Å². The molecule has 112 valence electrons. The molecular formula is C14H14BrClFN3O. The van der Waals surface area contributed by atoms with Gasteiger partial charge in [-0.15, -0.1) is 11.6 Å². The maximum atomic E-state index is 14.0. The molecule has 0 saturated heterocycles. The van der Waals surface area contributed by atoms with Crippen LogP contribution < -0.4 is 10.6 Å². The minimum absolute atomic E-state index is 0.0265. The predicted molar refractivity (Wildman–Crippen MR) is 83.8 cm³/mol. The summed E-state index contributed by atoms with van der Waals surface area (Å²) in [5, 5.41) is 14.4. The van der Waals surface area contributed by atoms with Gasteiger partial charge in [0, 0.05) is 22.9 Å². The van der Waals surface area contributed by atoms with Crippen LogP contribution in [-0.4, -0.2) is 18.3 Å². The van der Waals surface area contributed by atoms with E-state index in [1.165, 1.54) is 6.07 Å². The maximum Gasteiger partial charge on any atom is 0.239 e. The second kappa shape index (κ2) is 6.63. The first-order valence-corrected chi connectivity index (χ1v) is 7.78. The summed E-state index contributed by atoms with van der Waals surface area (Å²) in [4.78, 5) is 11.4. The lowest BCUT2D eigenvalue weighted by Crippen LogP contribution is -2.19. The molecule has 1 aliphatic rings. The number of nitriles is 1. The molecule has 0 spiro atoms. The molecule has 1 aromatic carbocycles. The molecule has 1 fully saturated rings. The predicted octanol–water partition coefficient (Wildman–Crippen LogP) is 3.87. The van der Waals surface area contributed by atoms with Gasteiger partial charge in [-0.25, -0.2) is 4.39 Å². The van der Waals surface area contributed by atoms with E-state index in [1.54, 1.807) is 6.07 Å². The van der Waals surface area contributed by atoms with Crippen molar-refractivity contribution < 1.29 is 9.18 Å². The number of carbonyl (C=O) groups is 1. The van der Waals surface area contributed by atoms with Gasteiger partial charge in [-0.1, -0.05) is 15.9 Å². The Morgan fingerprint density at radius 1 is 1.52 bits per heavy atom. The third-order valence-electron chi connectivity index (χ3n) is 3.51. The van der Waals surface area contributed by atoms with Gasteiger partial charge in [-0.05, 0) is 25.0 Å². The van der Waals surface area contributed by atoms with Crippen LogP contribution in [0.25, 0.3) is 0 Å². The van der Waals surface area contributed by atoms with Crippen LogP contribution in [0.1, 0.15) is 19.3 Å². The molecule has 2 N–H and O–H groups in total. The molecule has 0 atom stereocenters. The molecule has 4 nitrogen and oxygen atoms in total. The van der Waals surface area contributed by atoms with E-state index in [2.05, 4.69) is 32.6 Å². The summed E-state index contributed by atoms with van der Waals surface area (Å²) in [6.07, 6.45) is 2.43. The van der Waals surface area contributed by atoms with Crippen LogP contribution in [0.4, 0.5) is 15.8 Å². The molecule has 1 aromatic rings. The molecule has 1 amide bonds. The standard InChI is InChI=1S/C14H14BrClFN3O/c15-9-5-10(17)13(20-12(21)7-16)11(6-9)19-8-14(1-2-14)3-4-18/h5-6,19H,1-3,7-8H2,(H,20,21). The zero-order chi connectivity index (χ0) is 15.5. The Bertz CT molecular complexity index is 599. The monoisotopic (exact) mass is 373 g/mol. The Morgan fingerprint density at radius 2 is 2.24 bits per heavy atom. The van der Waals surface area contributed by atoms with Crippen LogP contribution in [0.2, 0.25) is 0 Å². The maximum absolute atomic E-state index is 14.0. The summed E-state index contributed by atoms with van der Waals surface area (Å²) in [7, 11) is 0. The minimum Gasteiger partial charge on any atom is -0.383 e. The molecule has 0 unspecified atom stereocenters. The van der Waals surface area contributed by atoms with Crippen LogP contribution >= 0.6 is 27.5 Å². The van der Waals surface area contributed by atoms with Gasteiger partial charge in [0.15, 0.2) is 0 Å². The van der Waals surface area contributed by atoms with Gasteiger partial charge in [-0.2, -0.15) is 5.26 Å². The van der Waals surface area contributed by atoms with Gasteiger partial charge in [0.1, 0.15) is 17.4 Å². The Balaban J connectivity index is 2.17. The zero-order valence-corrected chi connectivity index (χ0v) is 13.5. The number of amides is 1. The van der Waals surface area contributed by atoms with Gasteiger partial charge < -0.3 is 10.6 Å². The second-order valence-corrected chi connectivity index (χ2v) is 6.36. The zero-order valence-electron chi connectivity index (χ0n) is 11.2. The summed E-state index contributed by atoms with van der Waals surface area (Å²) < 4.78 is 14.6. The highest BCUT2D eigenvalue weighted by molar-refractivity contribution is 9.10. The van der Waals surface area contributed by atoms with Crippen LogP contribution in [0, 0.1) is 22.6 Å². The fraction of sp³-hybridized carbons (Fsp3) is 0.429. The van der Waals surface area contributed by atoms with E-state index in [0.29, 0.717) is 23.1 Å². The summed E-state index contributed by atoms with van der Waals surface area (Å²) in [6.45, 7) is 0.570. The van der Waals surface area contributed by atoms with Crippen molar-refractivity contribution in [1.29, 1.82) is 5.26 Å². The quantitative estimate of drug-likeness (QED) is 0.743. The minimum atomic E-state index is -0.546. The molecule has 1 aliphatic carbocycles. The Morgan fingerprint density at radius 3 is 2.81 bits per heavy atom. The number of carbonyl (C=O) groups excluding carboxylic acids is 1. The van der Waals surface area contributed by atoms with Crippen LogP contribution in [0.5, 0.6) is 0 Å². The lowest BCUT2D eigenvalue weighted by Gasteiger charge is -2.17. The van der Waals surface area contributed by atoms with Crippen LogP contribution in [0.3, 0.4) is 0 Å². The van der Waals surface area contributed by atoms with Crippen molar-refractivity contribution in [3.05, 3.63) is 22.4 Å². The number of nitrogens with one attached hydrogen (secondary N) is 2. The lowest BCUT2D eigenvalue weighted by molar-refractivity contribution is -0.113. The van der Waals surface area contributed by atoms with Gasteiger partial charge >= 0.3 is 0 Å². The normalized spacial score (nSPS) is 15.1. The topological polar surface area (TPSA) is 64.9 Å². The smallest absolute Gasteiger partial charge is 0.239 e. The summed E-state index contributed by atoms with van der Waals surface area (Å²) in [5.41, 5.74) is 0.530. The number of alkyl halides is 1. The van der Waals surface area contributed by atoms with E-state index in [9.17, 15) is 9.18 Å². The lowest BCUT2D eigenvalue weighted by atomic mass is 10.0. The van der Waals surface area contributed by atoms with Crippen molar-refractivity contribution in [1.82, 2.24) is 0 Å². The molecule has 7 heteroatoms. The number of hydrogen-bond donors (Lipinski definition) is 2. The molecule has 21 heavy (non-hydrogen) atoms. The molecule has 0 aromatic heterocycles. The van der Waals surface area contributed by atoms with E-state index in [0.717, 1.165) is 12.8 Å². The Labute approximate surface area is 135 Å². The third kappa shape index (κ3) is 4.08. The van der Waals surface area contributed by atoms with E-state index < -0.39 is 11.7 Å². The van der Waals surface area contributed by atoms with E-state index in [-0.39, 0.29) is 17.0 Å². The Kier molecular flexibility index (Phi) is 5.07. The van der Waals surface area contributed by atoms with Crippen molar-refractivity contribution >= 4 is 44.8 Å². The average Bonchev–Trinajstić information content (AvgIpc) is 3.20. The number of hydrogen-bond acceptors (Lipinski definition) is 3. The van der Waals surface area contributed by atoms with Crippen molar-refractivity contribution in [2.75, 3.05) is 23.1 Å². The van der Waals surface area contributed by atoms with Crippen LogP contribution in [-0.2, 0) is 4.79 Å².